The third kappa shape index (κ3) is 6.04. The smallest absolute Gasteiger partial charge is 0.335 e. The largest absolute Gasteiger partial charge is 0.479 e. The summed E-state index contributed by atoms with van der Waals surface area (Å²) in [6, 6.07) is -1.00. The Balaban J connectivity index is 4.26. The zero-order valence-corrected chi connectivity index (χ0v) is 10.4. The highest BCUT2D eigenvalue weighted by Crippen LogP contribution is 2.05. The molecule has 1 amide bonds. The van der Waals surface area contributed by atoms with Crippen LogP contribution in [0.3, 0.4) is 0 Å². The summed E-state index contributed by atoms with van der Waals surface area (Å²) in [4.78, 5) is 31.8. The number of carbonyl (C=O) groups excluding carboxylic acids is 2. The molecule has 0 radical (unpaired) electrons. The molecule has 8 N–H and O–H groups in total. The fourth-order valence-corrected chi connectivity index (χ4v) is 1.23. The molecule has 20 heavy (non-hydrogen) atoms. The summed E-state index contributed by atoms with van der Waals surface area (Å²) >= 11 is 0. The second-order valence-electron chi connectivity index (χ2n) is 4.14. The van der Waals surface area contributed by atoms with Crippen molar-refractivity contribution in [2.75, 3.05) is 6.54 Å². The first-order valence-corrected chi connectivity index (χ1v) is 5.63. The van der Waals surface area contributed by atoms with Crippen LogP contribution in [0.25, 0.3) is 0 Å². The Morgan fingerprint density at radius 1 is 1.15 bits per heavy atom. The van der Waals surface area contributed by atoms with Crippen LogP contribution in [0.5, 0.6) is 0 Å². The van der Waals surface area contributed by atoms with Crippen molar-refractivity contribution in [3.8, 4) is 0 Å². The molecule has 0 aromatic rings. The van der Waals surface area contributed by atoms with Gasteiger partial charge in [0.05, 0.1) is 12.1 Å². The van der Waals surface area contributed by atoms with E-state index >= 15 is 0 Å². The number of hydrogen-bond acceptors (Lipinski definition) is 8. The molecule has 0 aliphatic heterocycles. The lowest BCUT2D eigenvalue weighted by Gasteiger charge is -2.24. The molecule has 0 spiro atoms. The highest BCUT2D eigenvalue weighted by atomic mass is 16.4. The van der Waals surface area contributed by atoms with Crippen LogP contribution in [0.15, 0.2) is 0 Å². The molecule has 0 aliphatic rings. The molecule has 116 valence electrons. The molecule has 0 rings (SSSR count). The molecule has 0 aromatic heterocycles. The summed E-state index contributed by atoms with van der Waals surface area (Å²) < 4.78 is 0. The first-order valence-electron chi connectivity index (χ1n) is 5.63. The number of carboxylic acid groups (broad SMARTS) is 1. The molecule has 0 heterocycles. The van der Waals surface area contributed by atoms with Gasteiger partial charge in [-0.2, -0.15) is 0 Å². The molecule has 5 atom stereocenters. The van der Waals surface area contributed by atoms with Crippen molar-refractivity contribution in [2.24, 2.45) is 5.73 Å². The van der Waals surface area contributed by atoms with Crippen molar-refractivity contribution in [1.82, 2.24) is 5.32 Å². The summed E-state index contributed by atoms with van der Waals surface area (Å²) in [5.74, 6) is -2.45. The van der Waals surface area contributed by atoms with Gasteiger partial charge >= 0.3 is 5.97 Å². The van der Waals surface area contributed by atoms with Crippen molar-refractivity contribution < 1.29 is 39.9 Å². The number of rotatable bonds is 9. The predicted molar refractivity (Wildman–Crippen MR) is 63.3 cm³/mol. The van der Waals surface area contributed by atoms with Gasteiger partial charge in [-0.1, -0.05) is 0 Å². The van der Waals surface area contributed by atoms with Crippen LogP contribution in [0, 0.1) is 0 Å². The molecular formula is C10H18N2O8. The molecular weight excluding hydrogens is 276 g/mol. The number of aliphatic hydroxyl groups excluding tert-OH is 4. The fraction of sp³-hybridized carbons (Fsp3) is 0.700. The monoisotopic (exact) mass is 294 g/mol. The molecule has 0 bridgehead atoms. The van der Waals surface area contributed by atoms with Crippen molar-refractivity contribution in [3.63, 3.8) is 0 Å². The van der Waals surface area contributed by atoms with E-state index in [0.717, 1.165) is 0 Å². The third-order valence-corrected chi connectivity index (χ3v) is 2.42. The van der Waals surface area contributed by atoms with Crippen LogP contribution < -0.4 is 11.1 Å². The van der Waals surface area contributed by atoms with Crippen LogP contribution in [-0.4, -0.2) is 80.7 Å². The van der Waals surface area contributed by atoms with Gasteiger partial charge in [-0.25, -0.2) is 4.79 Å². The minimum absolute atomic E-state index is 0.327. The van der Waals surface area contributed by atoms with Crippen LogP contribution in [0.2, 0.25) is 0 Å². The van der Waals surface area contributed by atoms with Gasteiger partial charge in [-0.3, -0.25) is 4.79 Å². The Morgan fingerprint density at radius 3 is 2.15 bits per heavy atom. The zero-order valence-electron chi connectivity index (χ0n) is 10.4. The van der Waals surface area contributed by atoms with E-state index in [-0.39, 0.29) is 6.42 Å². The average Bonchev–Trinajstić information content (AvgIpc) is 2.41. The Labute approximate surface area is 113 Å². The minimum Gasteiger partial charge on any atom is -0.479 e. The molecule has 0 fully saturated rings. The van der Waals surface area contributed by atoms with Gasteiger partial charge in [0.1, 0.15) is 18.5 Å². The van der Waals surface area contributed by atoms with E-state index in [9.17, 15) is 29.7 Å². The van der Waals surface area contributed by atoms with E-state index < -0.39 is 48.9 Å². The van der Waals surface area contributed by atoms with E-state index in [1.807, 2.05) is 0 Å². The third-order valence-electron chi connectivity index (χ3n) is 2.42. The lowest BCUT2D eigenvalue weighted by Crippen LogP contribution is -2.51. The topological polar surface area (TPSA) is 190 Å². The van der Waals surface area contributed by atoms with Gasteiger partial charge in [-0.05, 0) is 0 Å². The van der Waals surface area contributed by atoms with Gasteiger partial charge < -0.3 is 41.4 Å². The Kier molecular flexibility index (Phi) is 7.87. The molecule has 10 heteroatoms. The molecule has 0 aliphatic carbocycles. The minimum atomic E-state index is -2.28. The maximum Gasteiger partial charge on any atom is 0.335 e. The number of hydrogen-bond donors (Lipinski definition) is 7. The predicted octanol–water partition coefficient (Wildman–Crippen LogP) is -4.45. The van der Waals surface area contributed by atoms with Crippen LogP contribution >= 0.6 is 0 Å². The number of nitrogens with one attached hydrogen (secondary N) is 1. The Hall–Kier alpha value is -1.59. The lowest BCUT2D eigenvalue weighted by atomic mass is 10.0. The first kappa shape index (κ1) is 18.4. The van der Waals surface area contributed by atoms with E-state index in [0.29, 0.717) is 6.29 Å². The Bertz CT molecular complexity index is 350. The first-order chi connectivity index (χ1) is 9.20. The number of aldehydes is 1. The van der Waals surface area contributed by atoms with Crippen molar-refractivity contribution in [3.05, 3.63) is 0 Å². The molecule has 10 nitrogen and oxygen atoms in total. The maximum atomic E-state index is 11.2. The molecule has 0 aromatic carbocycles. The number of nitrogens with two attached hydrogens (primary N) is 1. The van der Waals surface area contributed by atoms with E-state index in [1.54, 1.807) is 0 Å². The fourth-order valence-electron chi connectivity index (χ4n) is 1.23. The SMILES string of the molecule is N[C@@H](C=O)CC(=O)NC[C@H](O)[C@@H](O)[C@H](O)[C@H](O)C(=O)O. The summed E-state index contributed by atoms with van der Waals surface area (Å²) in [7, 11) is 0. The number of amides is 1. The van der Waals surface area contributed by atoms with E-state index in [2.05, 4.69) is 5.32 Å². The van der Waals surface area contributed by atoms with Crippen molar-refractivity contribution in [1.29, 1.82) is 0 Å². The summed E-state index contributed by atoms with van der Waals surface area (Å²) in [5.41, 5.74) is 5.18. The van der Waals surface area contributed by atoms with Crippen molar-refractivity contribution in [2.45, 2.75) is 36.9 Å². The van der Waals surface area contributed by atoms with Gasteiger partial charge in [-0.15, -0.1) is 0 Å². The average molecular weight is 294 g/mol. The normalized spacial score (nSPS) is 18.4. The van der Waals surface area contributed by atoms with E-state index in [4.69, 9.17) is 15.9 Å². The van der Waals surface area contributed by atoms with Gasteiger partial charge in [0.25, 0.3) is 0 Å². The Morgan fingerprint density at radius 2 is 1.70 bits per heavy atom. The second kappa shape index (κ2) is 8.55. The van der Waals surface area contributed by atoms with E-state index in [1.165, 1.54) is 0 Å². The maximum absolute atomic E-state index is 11.2. The number of aliphatic hydroxyl groups is 4. The summed E-state index contributed by atoms with van der Waals surface area (Å²) in [6.07, 6.45) is -8.07. The van der Waals surface area contributed by atoms with Crippen LogP contribution in [0.4, 0.5) is 0 Å². The lowest BCUT2D eigenvalue weighted by molar-refractivity contribution is -0.162. The standard InChI is InChI=1S/C10H18N2O8/c11-4(3-13)1-6(15)12-2-5(14)7(16)8(17)9(18)10(19)20/h3-5,7-9,14,16-18H,1-2,11H2,(H,12,15)(H,19,20)/t4-,5+,7-,8+,9+/m1/s1. The molecule has 0 unspecified atom stereocenters. The number of aliphatic carboxylic acids is 1. The van der Waals surface area contributed by atoms with Gasteiger partial charge in [0.15, 0.2) is 6.10 Å². The highest BCUT2D eigenvalue weighted by Gasteiger charge is 2.34. The number of carboxylic acids is 1. The van der Waals surface area contributed by atoms with Crippen LogP contribution in [-0.2, 0) is 14.4 Å². The summed E-state index contributed by atoms with van der Waals surface area (Å²) in [5, 5.41) is 47.6. The zero-order chi connectivity index (χ0) is 15.9. The number of carbonyl (C=O) groups is 3. The summed E-state index contributed by atoms with van der Waals surface area (Å²) in [6.45, 7) is -0.519. The second-order valence-corrected chi connectivity index (χ2v) is 4.14. The quantitative estimate of drug-likeness (QED) is 0.205. The molecule has 0 saturated carbocycles. The van der Waals surface area contributed by atoms with Gasteiger partial charge in [0, 0.05) is 13.0 Å². The van der Waals surface area contributed by atoms with Gasteiger partial charge in [0.2, 0.25) is 5.91 Å². The van der Waals surface area contributed by atoms with Crippen LogP contribution in [0.1, 0.15) is 6.42 Å². The highest BCUT2D eigenvalue weighted by molar-refractivity contribution is 5.80. The molecule has 0 saturated heterocycles. The van der Waals surface area contributed by atoms with Crippen molar-refractivity contribution >= 4 is 18.2 Å².